The first-order valence-corrected chi connectivity index (χ1v) is 9.74. The minimum absolute atomic E-state index is 0.231. The first-order chi connectivity index (χ1) is 15.6. The Morgan fingerprint density at radius 1 is 1.06 bits per heavy atom. The predicted molar refractivity (Wildman–Crippen MR) is 123 cm³/mol. The van der Waals surface area contributed by atoms with Gasteiger partial charge in [-0.05, 0) is 54.1 Å². The van der Waals surface area contributed by atoms with Gasteiger partial charge in [0.15, 0.2) is 0 Å². The maximum Gasteiger partial charge on any atom is 0.411 e. The van der Waals surface area contributed by atoms with Gasteiger partial charge < -0.3 is 4.74 Å². The summed E-state index contributed by atoms with van der Waals surface area (Å²) in [4.78, 5) is 29.7. The SMILES string of the molecule is COC(=O)Nc1cccc(-n2c(/C=C/c3ccc(C#N)cc3)nc3ccccc3c2=O)c1. The molecule has 0 bridgehead atoms. The first-order valence-electron chi connectivity index (χ1n) is 9.74. The van der Waals surface area contributed by atoms with Gasteiger partial charge in [0, 0.05) is 5.69 Å². The molecule has 0 aliphatic carbocycles. The molecular formula is C25H18N4O3. The summed E-state index contributed by atoms with van der Waals surface area (Å²) in [5.74, 6) is 0.424. The van der Waals surface area contributed by atoms with E-state index >= 15 is 0 Å². The minimum Gasteiger partial charge on any atom is -0.453 e. The Bertz CT molecular complexity index is 1430. The van der Waals surface area contributed by atoms with Crippen LogP contribution in [0.1, 0.15) is 17.0 Å². The Kier molecular flexibility index (Phi) is 5.77. The summed E-state index contributed by atoms with van der Waals surface area (Å²) < 4.78 is 6.14. The van der Waals surface area contributed by atoms with Crippen molar-refractivity contribution in [1.82, 2.24) is 9.55 Å². The quantitative estimate of drug-likeness (QED) is 0.518. The highest BCUT2D eigenvalue weighted by molar-refractivity contribution is 5.85. The molecule has 0 atom stereocenters. The molecule has 3 aromatic carbocycles. The molecule has 0 aliphatic heterocycles. The fourth-order valence-corrected chi connectivity index (χ4v) is 3.24. The van der Waals surface area contributed by atoms with Crippen molar-refractivity contribution in [1.29, 1.82) is 5.26 Å². The fourth-order valence-electron chi connectivity index (χ4n) is 3.24. The molecule has 0 unspecified atom stereocenters. The molecule has 1 amide bonds. The number of aromatic nitrogens is 2. The third kappa shape index (κ3) is 4.25. The smallest absolute Gasteiger partial charge is 0.411 e. The number of nitrogens with one attached hydrogen (secondary N) is 1. The summed E-state index contributed by atoms with van der Waals surface area (Å²) >= 11 is 0. The highest BCUT2D eigenvalue weighted by atomic mass is 16.5. The van der Waals surface area contributed by atoms with E-state index in [9.17, 15) is 9.59 Å². The lowest BCUT2D eigenvalue weighted by Crippen LogP contribution is -2.22. The second-order valence-electron chi connectivity index (χ2n) is 6.86. The zero-order valence-electron chi connectivity index (χ0n) is 17.1. The third-order valence-electron chi connectivity index (χ3n) is 4.80. The Labute approximate surface area is 183 Å². The molecule has 7 heteroatoms. The van der Waals surface area contributed by atoms with Gasteiger partial charge in [-0.1, -0.05) is 36.4 Å². The number of benzene rings is 3. The van der Waals surface area contributed by atoms with Gasteiger partial charge in [-0.15, -0.1) is 0 Å². The largest absolute Gasteiger partial charge is 0.453 e. The number of fused-ring (bicyclic) bond motifs is 1. The number of rotatable bonds is 4. The molecule has 1 aromatic heterocycles. The van der Waals surface area contributed by atoms with Crippen LogP contribution in [0.15, 0.2) is 77.6 Å². The molecule has 0 radical (unpaired) electrons. The monoisotopic (exact) mass is 422 g/mol. The summed E-state index contributed by atoms with van der Waals surface area (Å²) in [5, 5.41) is 12.1. The van der Waals surface area contributed by atoms with Crippen LogP contribution in [-0.2, 0) is 4.74 Å². The maximum absolute atomic E-state index is 13.4. The fraction of sp³-hybridized carbons (Fsp3) is 0.0400. The molecule has 156 valence electrons. The van der Waals surface area contributed by atoms with Crippen molar-refractivity contribution in [2.45, 2.75) is 0 Å². The molecule has 4 aromatic rings. The maximum atomic E-state index is 13.4. The Morgan fingerprint density at radius 3 is 2.59 bits per heavy atom. The van der Waals surface area contributed by atoms with E-state index in [0.29, 0.717) is 33.7 Å². The van der Waals surface area contributed by atoms with Crippen LogP contribution in [0.3, 0.4) is 0 Å². The minimum atomic E-state index is -0.605. The van der Waals surface area contributed by atoms with Crippen molar-refractivity contribution in [3.63, 3.8) is 0 Å². The third-order valence-corrected chi connectivity index (χ3v) is 4.80. The van der Waals surface area contributed by atoms with Crippen molar-refractivity contribution in [2.24, 2.45) is 0 Å². The molecule has 0 aliphatic rings. The summed E-state index contributed by atoms with van der Waals surface area (Å²) in [7, 11) is 1.28. The van der Waals surface area contributed by atoms with E-state index in [1.54, 1.807) is 60.7 Å². The Hall–Kier alpha value is -4.70. The molecule has 4 rings (SSSR count). The number of nitriles is 1. The first kappa shape index (κ1) is 20.6. The van der Waals surface area contributed by atoms with Crippen LogP contribution in [0, 0.1) is 11.3 Å². The van der Waals surface area contributed by atoms with Crippen molar-refractivity contribution >= 4 is 34.8 Å². The Balaban J connectivity index is 1.85. The highest BCUT2D eigenvalue weighted by Gasteiger charge is 2.12. The Morgan fingerprint density at radius 2 is 1.84 bits per heavy atom. The lowest BCUT2D eigenvalue weighted by molar-refractivity contribution is 0.187. The summed E-state index contributed by atoms with van der Waals surface area (Å²) in [5.41, 5.74) is 2.80. The van der Waals surface area contributed by atoms with Gasteiger partial charge in [0.25, 0.3) is 5.56 Å². The molecule has 1 N–H and O–H groups in total. The highest BCUT2D eigenvalue weighted by Crippen LogP contribution is 2.19. The zero-order valence-corrected chi connectivity index (χ0v) is 17.1. The van der Waals surface area contributed by atoms with Crippen molar-refractivity contribution in [3.8, 4) is 11.8 Å². The predicted octanol–water partition coefficient (Wildman–Crippen LogP) is 4.61. The number of methoxy groups -OCH3 is 1. The summed E-state index contributed by atoms with van der Waals surface area (Å²) in [6.45, 7) is 0. The standard InChI is InChI=1S/C25H18N4O3/c1-32-25(31)27-19-5-4-6-20(15-19)29-23(14-13-17-9-11-18(16-26)12-10-17)28-22-8-3-2-7-21(22)24(29)30/h2-15H,1H3,(H,27,31)/b14-13+. The lowest BCUT2D eigenvalue weighted by Gasteiger charge is -2.13. The van der Waals surface area contributed by atoms with E-state index < -0.39 is 6.09 Å². The van der Waals surface area contributed by atoms with E-state index in [1.165, 1.54) is 11.7 Å². The molecule has 0 fully saturated rings. The van der Waals surface area contributed by atoms with Crippen LogP contribution in [0.2, 0.25) is 0 Å². The van der Waals surface area contributed by atoms with Crippen LogP contribution in [0.4, 0.5) is 10.5 Å². The molecule has 0 saturated heterocycles. The van der Waals surface area contributed by atoms with Crippen LogP contribution in [-0.4, -0.2) is 22.8 Å². The average Bonchev–Trinajstić information content (AvgIpc) is 2.83. The van der Waals surface area contributed by atoms with E-state index in [4.69, 9.17) is 5.26 Å². The van der Waals surface area contributed by atoms with Crippen molar-refractivity contribution < 1.29 is 9.53 Å². The molecule has 0 saturated carbocycles. The number of nitrogens with zero attached hydrogens (tertiary/aromatic N) is 3. The second kappa shape index (κ2) is 8.98. The van der Waals surface area contributed by atoms with Crippen molar-refractivity contribution in [3.05, 3.63) is 100 Å². The lowest BCUT2D eigenvalue weighted by atomic mass is 10.1. The van der Waals surface area contributed by atoms with E-state index in [1.807, 2.05) is 24.3 Å². The van der Waals surface area contributed by atoms with Gasteiger partial charge in [-0.25, -0.2) is 9.78 Å². The van der Waals surface area contributed by atoms with Gasteiger partial charge in [0.2, 0.25) is 0 Å². The van der Waals surface area contributed by atoms with Crippen LogP contribution in [0.5, 0.6) is 0 Å². The second-order valence-corrected chi connectivity index (χ2v) is 6.86. The number of ether oxygens (including phenoxy) is 1. The van der Waals surface area contributed by atoms with Crippen LogP contribution in [0.25, 0.3) is 28.7 Å². The van der Waals surface area contributed by atoms with Gasteiger partial charge in [-0.2, -0.15) is 5.26 Å². The number of hydrogen-bond acceptors (Lipinski definition) is 5. The summed E-state index contributed by atoms with van der Waals surface area (Å²) in [6.07, 6.45) is 2.97. The van der Waals surface area contributed by atoms with E-state index in [2.05, 4.69) is 21.1 Å². The van der Waals surface area contributed by atoms with E-state index in [0.717, 1.165) is 5.56 Å². The van der Waals surface area contributed by atoms with Crippen molar-refractivity contribution in [2.75, 3.05) is 12.4 Å². The number of amides is 1. The molecule has 1 heterocycles. The number of carbonyl (C=O) groups is 1. The number of carbonyl (C=O) groups excluding carboxylic acids is 1. The number of hydrogen-bond donors (Lipinski definition) is 1. The van der Waals surface area contributed by atoms with Crippen LogP contribution >= 0.6 is 0 Å². The molecular weight excluding hydrogens is 404 g/mol. The summed E-state index contributed by atoms with van der Waals surface area (Å²) in [6, 6.07) is 23.2. The zero-order chi connectivity index (χ0) is 22.5. The molecule has 7 nitrogen and oxygen atoms in total. The number of para-hydroxylation sites is 1. The van der Waals surface area contributed by atoms with Gasteiger partial charge in [0.05, 0.1) is 35.3 Å². The average molecular weight is 422 g/mol. The van der Waals surface area contributed by atoms with Gasteiger partial charge in [-0.3, -0.25) is 14.7 Å². The topological polar surface area (TPSA) is 97.0 Å². The van der Waals surface area contributed by atoms with Crippen LogP contribution < -0.4 is 10.9 Å². The van der Waals surface area contributed by atoms with Gasteiger partial charge in [0.1, 0.15) is 5.82 Å². The normalized spacial score (nSPS) is 10.8. The molecule has 32 heavy (non-hydrogen) atoms. The van der Waals surface area contributed by atoms with Gasteiger partial charge >= 0.3 is 6.09 Å². The number of anilines is 1. The van der Waals surface area contributed by atoms with E-state index in [-0.39, 0.29) is 5.56 Å². The molecule has 0 spiro atoms.